The second-order valence-electron chi connectivity index (χ2n) is 7.57. The van der Waals surface area contributed by atoms with Crippen molar-refractivity contribution in [1.29, 1.82) is 0 Å². The Morgan fingerprint density at radius 1 is 1.03 bits per heavy atom. The maximum absolute atomic E-state index is 5.51. The first kappa shape index (κ1) is 16.7. The van der Waals surface area contributed by atoms with Crippen LogP contribution in [-0.2, 0) is 4.74 Å². The Bertz CT molecular complexity index is 1160. The molecular formula is C21H21N7O. The summed E-state index contributed by atoms with van der Waals surface area (Å²) in [5, 5.41) is 4.56. The number of hydrogen-bond donors (Lipinski definition) is 1. The molecule has 0 spiro atoms. The molecule has 8 heteroatoms. The highest BCUT2D eigenvalue weighted by Gasteiger charge is 2.25. The molecule has 1 N–H and O–H groups in total. The highest BCUT2D eigenvalue weighted by molar-refractivity contribution is 5.99. The van der Waals surface area contributed by atoms with Gasteiger partial charge >= 0.3 is 0 Å². The van der Waals surface area contributed by atoms with E-state index in [1.165, 1.54) is 12.8 Å². The van der Waals surface area contributed by atoms with E-state index in [1.54, 1.807) is 12.4 Å². The van der Waals surface area contributed by atoms with Crippen molar-refractivity contribution in [2.75, 3.05) is 31.2 Å². The number of hydrogen-bond acceptors (Lipinski definition) is 6. The number of H-pyrrole nitrogens is 1. The molecule has 8 nitrogen and oxygen atoms in total. The van der Waals surface area contributed by atoms with E-state index in [9.17, 15) is 0 Å². The molecule has 146 valence electrons. The molecule has 0 radical (unpaired) electrons. The summed E-state index contributed by atoms with van der Waals surface area (Å²) in [4.78, 5) is 19.6. The quantitative estimate of drug-likeness (QED) is 0.579. The first-order valence-electron chi connectivity index (χ1n) is 10.0. The Morgan fingerprint density at radius 2 is 1.86 bits per heavy atom. The van der Waals surface area contributed by atoms with E-state index < -0.39 is 0 Å². The lowest BCUT2D eigenvalue weighted by molar-refractivity contribution is 0.122. The first-order chi connectivity index (χ1) is 14.4. The molecule has 2 fully saturated rings. The molecule has 0 atom stereocenters. The van der Waals surface area contributed by atoms with Crippen molar-refractivity contribution in [3.8, 4) is 22.4 Å². The van der Waals surface area contributed by atoms with Crippen molar-refractivity contribution in [1.82, 2.24) is 29.7 Å². The lowest BCUT2D eigenvalue weighted by atomic mass is 10.1. The van der Waals surface area contributed by atoms with Crippen LogP contribution in [0, 0.1) is 0 Å². The largest absolute Gasteiger partial charge is 0.378 e. The summed E-state index contributed by atoms with van der Waals surface area (Å²) in [6.45, 7) is 2.97. The molecule has 0 aromatic carbocycles. The molecule has 5 heterocycles. The van der Waals surface area contributed by atoms with Crippen molar-refractivity contribution < 1.29 is 4.74 Å². The fourth-order valence-corrected chi connectivity index (χ4v) is 3.85. The van der Waals surface area contributed by atoms with Gasteiger partial charge in [-0.1, -0.05) is 0 Å². The molecule has 0 unspecified atom stereocenters. The Hall–Kier alpha value is -3.26. The normalized spacial score (nSPS) is 17.2. The van der Waals surface area contributed by atoms with Gasteiger partial charge < -0.3 is 14.6 Å². The maximum atomic E-state index is 5.51. The predicted octanol–water partition coefficient (Wildman–Crippen LogP) is 3.05. The highest BCUT2D eigenvalue weighted by atomic mass is 16.5. The SMILES string of the molecule is c1cc(-c2nc(N3CCOCC3)nc3c(-c4cnn(C5CC5)c4)c[nH]c23)ccn1. The average molecular weight is 387 g/mol. The van der Waals surface area contributed by atoms with Gasteiger partial charge in [-0.25, -0.2) is 9.97 Å². The van der Waals surface area contributed by atoms with Crippen LogP contribution in [0.3, 0.4) is 0 Å². The topological polar surface area (TPSA) is 84.8 Å². The fraction of sp³-hybridized carbons (Fsp3) is 0.333. The Balaban J connectivity index is 1.53. The Morgan fingerprint density at radius 3 is 2.66 bits per heavy atom. The molecule has 1 aliphatic carbocycles. The summed E-state index contributed by atoms with van der Waals surface area (Å²) in [7, 11) is 0. The lowest BCUT2D eigenvalue weighted by Gasteiger charge is -2.27. The van der Waals surface area contributed by atoms with Gasteiger partial charge in [0.05, 0.1) is 31.0 Å². The second kappa shape index (κ2) is 6.66. The van der Waals surface area contributed by atoms with Crippen LogP contribution in [-0.4, -0.2) is 56.0 Å². The van der Waals surface area contributed by atoms with Crippen molar-refractivity contribution in [2.24, 2.45) is 0 Å². The first-order valence-corrected chi connectivity index (χ1v) is 10.0. The van der Waals surface area contributed by atoms with E-state index in [2.05, 4.69) is 30.8 Å². The van der Waals surface area contributed by atoms with Crippen LogP contribution >= 0.6 is 0 Å². The number of nitrogens with one attached hydrogen (secondary N) is 1. The third-order valence-electron chi connectivity index (χ3n) is 5.59. The number of aromatic amines is 1. The van der Waals surface area contributed by atoms with E-state index in [-0.39, 0.29) is 0 Å². The highest BCUT2D eigenvalue weighted by Crippen LogP contribution is 2.37. The van der Waals surface area contributed by atoms with Crippen LogP contribution in [0.15, 0.2) is 43.1 Å². The number of nitrogens with zero attached hydrogens (tertiary/aromatic N) is 6. The summed E-state index contributed by atoms with van der Waals surface area (Å²) in [6, 6.07) is 4.52. The zero-order valence-electron chi connectivity index (χ0n) is 16.0. The van der Waals surface area contributed by atoms with E-state index in [0.29, 0.717) is 19.3 Å². The number of anilines is 1. The molecule has 1 saturated heterocycles. The third kappa shape index (κ3) is 2.96. The van der Waals surface area contributed by atoms with Crippen LogP contribution < -0.4 is 4.90 Å². The van der Waals surface area contributed by atoms with Crippen molar-refractivity contribution in [2.45, 2.75) is 18.9 Å². The molecular weight excluding hydrogens is 366 g/mol. The van der Waals surface area contributed by atoms with Crippen molar-refractivity contribution in [3.05, 3.63) is 43.1 Å². The third-order valence-corrected chi connectivity index (χ3v) is 5.59. The summed E-state index contributed by atoms with van der Waals surface area (Å²) >= 11 is 0. The van der Waals surface area contributed by atoms with Gasteiger partial charge in [-0.2, -0.15) is 5.10 Å². The van der Waals surface area contributed by atoms with Crippen LogP contribution in [0.4, 0.5) is 5.95 Å². The Labute approximate surface area is 167 Å². The molecule has 0 bridgehead atoms. The van der Waals surface area contributed by atoms with Gasteiger partial charge in [0.25, 0.3) is 0 Å². The summed E-state index contributed by atoms with van der Waals surface area (Å²) < 4.78 is 7.58. The fourth-order valence-electron chi connectivity index (χ4n) is 3.85. The van der Waals surface area contributed by atoms with Gasteiger partial charge in [0, 0.05) is 54.6 Å². The molecule has 4 aromatic rings. The zero-order chi connectivity index (χ0) is 19.2. The zero-order valence-corrected chi connectivity index (χ0v) is 16.0. The van der Waals surface area contributed by atoms with Crippen LogP contribution in [0.25, 0.3) is 33.4 Å². The minimum absolute atomic E-state index is 0.555. The van der Waals surface area contributed by atoms with Crippen LogP contribution in [0.5, 0.6) is 0 Å². The van der Waals surface area contributed by atoms with E-state index >= 15 is 0 Å². The summed E-state index contributed by atoms with van der Waals surface area (Å²) in [5.74, 6) is 0.739. The van der Waals surface area contributed by atoms with Gasteiger partial charge in [-0.3, -0.25) is 9.67 Å². The summed E-state index contributed by atoms with van der Waals surface area (Å²) in [5.41, 5.74) is 5.89. The monoisotopic (exact) mass is 387 g/mol. The lowest BCUT2D eigenvalue weighted by Crippen LogP contribution is -2.37. The van der Waals surface area contributed by atoms with Gasteiger partial charge in [-0.15, -0.1) is 0 Å². The minimum atomic E-state index is 0.555. The molecule has 29 heavy (non-hydrogen) atoms. The Kier molecular flexibility index (Phi) is 3.83. The number of fused-ring (bicyclic) bond motifs is 1. The molecule has 2 aliphatic rings. The molecule has 4 aromatic heterocycles. The molecule has 0 amide bonds. The summed E-state index contributed by atoms with van der Waals surface area (Å²) in [6.07, 6.45) is 12.1. The van der Waals surface area contributed by atoms with Gasteiger partial charge in [-0.05, 0) is 25.0 Å². The van der Waals surface area contributed by atoms with Gasteiger partial charge in [0.1, 0.15) is 11.2 Å². The standard InChI is InChI=1S/C21H21N7O/c1-2-16(1)28-13-15(11-24-28)17-12-23-20-18(14-3-5-22-6-4-14)25-21(26-19(17)20)27-7-9-29-10-8-27/h3-6,11-13,16,23H,1-2,7-10H2. The number of rotatable bonds is 4. The predicted molar refractivity (Wildman–Crippen MR) is 110 cm³/mol. The van der Waals surface area contributed by atoms with E-state index in [4.69, 9.17) is 14.7 Å². The van der Waals surface area contributed by atoms with Crippen LogP contribution in [0.2, 0.25) is 0 Å². The maximum Gasteiger partial charge on any atom is 0.226 e. The van der Waals surface area contributed by atoms with E-state index in [0.717, 1.165) is 52.5 Å². The molecule has 1 saturated carbocycles. The average Bonchev–Trinajstić information content (AvgIpc) is 3.36. The molecule has 1 aliphatic heterocycles. The van der Waals surface area contributed by atoms with Crippen LogP contribution in [0.1, 0.15) is 18.9 Å². The van der Waals surface area contributed by atoms with Crippen molar-refractivity contribution >= 4 is 17.0 Å². The number of ether oxygens (including phenoxy) is 1. The number of pyridine rings is 1. The van der Waals surface area contributed by atoms with E-state index in [1.807, 2.05) is 24.5 Å². The van der Waals surface area contributed by atoms with Gasteiger partial charge in [0.15, 0.2) is 0 Å². The van der Waals surface area contributed by atoms with Crippen molar-refractivity contribution in [3.63, 3.8) is 0 Å². The number of aromatic nitrogens is 6. The minimum Gasteiger partial charge on any atom is -0.378 e. The molecule has 6 rings (SSSR count). The smallest absolute Gasteiger partial charge is 0.226 e. The second-order valence-corrected chi connectivity index (χ2v) is 7.57. The number of morpholine rings is 1. The van der Waals surface area contributed by atoms with Gasteiger partial charge in [0.2, 0.25) is 5.95 Å².